The molecule has 2 N–H and O–H groups in total. The van der Waals surface area contributed by atoms with Crippen LogP contribution in [0, 0.1) is 12.8 Å². The number of hydrogen-bond acceptors (Lipinski definition) is 2. The first-order valence-electron chi connectivity index (χ1n) is 5.64. The SMILES string of the molecule is Cc1ccc(Br)cc1C1(C(C)CN)COC1. The molecule has 1 heterocycles. The first kappa shape index (κ1) is 12.1. The first-order chi connectivity index (χ1) is 7.60. The Balaban J connectivity index is 2.44. The molecule has 3 heteroatoms. The molecule has 0 aliphatic carbocycles. The summed E-state index contributed by atoms with van der Waals surface area (Å²) >= 11 is 3.54. The van der Waals surface area contributed by atoms with Crippen LogP contribution in [0.1, 0.15) is 18.1 Å². The highest BCUT2D eigenvalue weighted by molar-refractivity contribution is 9.10. The van der Waals surface area contributed by atoms with E-state index in [-0.39, 0.29) is 5.41 Å². The Morgan fingerprint density at radius 1 is 1.50 bits per heavy atom. The largest absolute Gasteiger partial charge is 0.379 e. The van der Waals surface area contributed by atoms with E-state index in [1.165, 1.54) is 11.1 Å². The van der Waals surface area contributed by atoms with Gasteiger partial charge in [0, 0.05) is 9.89 Å². The highest BCUT2D eigenvalue weighted by Gasteiger charge is 2.45. The smallest absolute Gasteiger partial charge is 0.0588 e. The Bertz CT molecular complexity index is 388. The Morgan fingerprint density at radius 2 is 2.19 bits per heavy atom. The van der Waals surface area contributed by atoms with E-state index in [9.17, 15) is 0 Å². The lowest BCUT2D eigenvalue weighted by molar-refractivity contribution is -0.0857. The van der Waals surface area contributed by atoms with Crippen molar-refractivity contribution >= 4 is 15.9 Å². The molecular formula is C13H18BrNO. The predicted octanol–water partition coefficient (Wildman–Crippen LogP) is 2.62. The number of rotatable bonds is 3. The molecule has 1 aliphatic rings. The van der Waals surface area contributed by atoms with Gasteiger partial charge in [-0.25, -0.2) is 0 Å². The van der Waals surface area contributed by atoms with E-state index in [0.29, 0.717) is 12.5 Å². The molecule has 1 aromatic rings. The van der Waals surface area contributed by atoms with Crippen molar-refractivity contribution in [2.45, 2.75) is 19.3 Å². The predicted molar refractivity (Wildman–Crippen MR) is 69.6 cm³/mol. The van der Waals surface area contributed by atoms with Crippen LogP contribution in [0.4, 0.5) is 0 Å². The molecule has 0 bridgehead atoms. The van der Waals surface area contributed by atoms with E-state index in [2.05, 4.69) is 48.0 Å². The molecular weight excluding hydrogens is 266 g/mol. The Hall–Kier alpha value is -0.380. The van der Waals surface area contributed by atoms with Crippen molar-refractivity contribution in [2.75, 3.05) is 19.8 Å². The second kappa shape index (κ2) is 4.47. The molecule has 0 aromatic heterocycles. The third-order valence-corrected chi connectivity index (χ3v) is 4.25. The maximum atomic E-state index is 5.83. The van der Waals surface area contributed by atoms with Crippen molar-refractivity contribution in [2.24, 2.45) is 11.7 Å². The van der Waals surface area contributed by atoms with E-state index in [1.54, 1.807) is 0 Å². The highest BCUT2D eigenvalue weighted by Crippen LogP contribution is 2.41. The summed E-state index contributed by atoms with van der Waals surface area (Å²) in [5, 5.41) is 0. The van der Waals surface area contributed by atoms with Crippen molar-refractivity contribution in [3.63, 3.8) is 0 Å². The fraction of sp³-hybridized carbons (Fsp3) is 0.538. The van der Waals surface area contributed by atoms with E-state index in [0.717, 1.165) is 17.7 Å². The van der Waals surface area contributed by atoms with Gasteiger partial charge in [0.1, 0.15) is 0 Å². The molecule has 16 heavy (non-hydrogen) atoms. The van der Waals surface area contributed by atoms with Crippen LogP contribution < -0.4 is 5.73 Å². The maximum Gasteiger partial charge on any atom is 0.0588 e. The van der Waals surface area contributed by atoms with Crippen LogP contribution in [0.3, 0.4) is 0 Å². The minimum Gasteiger partial charge on any atom is -0.379 e. The van der Waals surface area contributed by atoms with Gasteiger partial charge in [0.05, 0.1) is 13.2 Å². The van der Waals surface area contributed by atoms with E-state index >= 15 is 0 Å². The van der Waals surface area contributed by atoms with Crippen molar-refractivity contribution in [3.05, 3.63) is 33.8 Å². The average Bonchev–Trinajstić information content (AvgIpc) is 2.21. The minimum atomic E-state index is 0.128. The highest BCUT2D eigenvalue weighted by atomic mass is 79.9. The van der Waals surface area contributed by atoms with Gasteiger partial charge in [0.25, 0.3) is 0 Å². The molecule has 1 aromatic carbocycles. The fourth-order valence-electron chi connectivity index (χ4n) is 2.38. The van der Waals surface area contributed by atoms with E-state index in [1.807, 2.05) is 0 Å². The summed E-state index contributed by atoms with van der Waals surface area (Å²) in [6, 6.07) is 6.45. The zero-order chi connectivity index (χ0) is 11.8. The topological polar surface area (TPSA) is 35.2 Å². The van der Waals surface area contributed by atoms with Crippen LogP contribution in [-0.2, 0) is 10.2 Å². The summed E-state index contributed by atoms with van der Waals surface area (Å²) < 4.78 is 6.57. The summed E-state index contributed by atoms with van der Waals surface area (Å²) in [5.41, 5.74) is 8.66. The third kappa shape index (κ3) is 1.81. The molecule has 2 rings (SSSR count). The standard InChI is InChI=1S/C13H18BrNO/c1-9-3-4-11(14)5-12(9)13(7-16-8-13)10(2)6-15/h3-5,10H,6-8,15H2,1-2H3. The number of nitrogens with two attached hydrogens (primary N) is 1. The number of halogens is 1. The molecule has 1 atom stereocenters. The molecule has 0 saturated carbocycles. The zero-order valence-electron chi connectivity index (χ0n) is 9.79. The summed E-state index contributed by atoms with van der Waals surface area (Å²) in [7, 11) is 0. The fourth-order valence-corrected chi connectivity index (χ4v) is 2.74. The zero-order valence-corrected chi connectivity index (χ0v) is 11.4. The lowest BCUT2D eigenvalue weighted by Crippen LogP contribution is -2.53. The van der Waals surface area contributed by atoms with E-state index in [4.69, 9.17) is 10.5 Å². The molecule has 2 nitrogen and oxygen atoms in total. The third-order valence-electron chi connectivity index (χ3n) is 3.75. The van der Waals surface area contributed by atoms with Crippen molar-refractivity contribution in [1.82, 2.24) is 0 Å². The van der Waals surface area contributed by atoms with Gasteiger partial charge in [-0.3, -0.25) is 0 Å². The molecule has 88 valence electrons. The van der Waals surface area contributed by atoms with Crippen molar-refractivity contribution < 1.29 is 4.74 Å². The molecule has 1 fully saturated rings. The molecule has 1 aliphatic heterocycles. The lowest BCUT2D eigenvalue weighted by Gasteiger charge is -2.47. The van der Waals surface area contributed by atoms with Crippen LogP contribution >= 0.6 is 15.9 Å². The molecule has 0 spiro atoms. The second-order valence-corrected chi connectivity index (χ2v) is 5.66. The summed E-state index contributed by atoms with van der Waals surface area (Å²) in [6.45, 7) is 6.66. The summed E-state index contributed by atoms with van der Waals surface area (Å²) in [4.78, 5) is 0. The van der Waals surface area contributed by atoms with Gasteiger partial charge in [0.2, 0.25) is 0 Å². The molecule has 0 amide bonds. The minimum absolute atomic E-state index is 0.128. The molecule has 1 saturated heterocycles. The monoisotopic (exact) mass is 283 g/mol. The van der Waals surface area contributed by atoms with Crippen LogP contribution in [-0.4, -0.2) is 19.8 Å². The number of hydrogen-bond donors (Lipinski definition) is 1. The Kier molecular flexibility index (Phi) is 3.38. The van der Waals surface area contributed by atoms with Gasteiger partial charge in [-0.05, 0) is 42.6 Å². The molecule has 1 unspecified atom stereocenters. The second-order valence-electron chi connectivity index (χ2n) is 4.74. The lowest BCUT2D eigenvalue weighted by atomic mass is 9.68. The van der Waals surface area contributed by atoms with Gasteiger partial charge in [-0.15, -0.1) is 0 Å². The van der Waals surface area contributed by atoms with Gasteiger partial charge < -0.3 is 10.5 Å². The molecule has 0 radical (unpaired) electrons. The number of ether oxygens (including phenoxy) is 1. The summed E-state index contributed by atoms with van der Waals surface area (Å²) in [5.74, 6) is 0.453. The van der Waals surface area contributed by atoms with Gasteiger partial charge in [0.15, 0.2) is 0 Å². The van der Waals surface area contributed by atoms with E-state index < -0.39 is 0 Å². The quantitative estimate of drug-likeness (QED) is 0.926. The van der Waals surface area contributed by atoms with Gasteiger partial charge in [-0.1, -0.05) is 28.9 Å². The number of benzene rings is 1. The van der Waals surface area contributed by atoms with Crippen molar-refractivity contribution in [3.8, 4) is 0 Å². The normalized spacial score (nSPS) is 20.2. The summed E-state index contributed by atoms with van der Waals surface area (Å²) in [6.07, 6.45) is 0. The van der Waals surface area contributed by atoms with Crippen LogP contribution in [0.5, 0.6) is 0 Å². The Morgan fingerprint density at radius 3 is 2.69 bits per heavy atom. The maximum absolute atomic E-state index is 5.83. The van der Waals surface area contributed by atoms with Crippen LogP contribution in [0.15, 0.2) is 22.7 Å². The van der Waals surface area contributed by atoms with Gasteiger partial charge >= 0.3 is 0 Å². The Labute approximate surface area is 105 Å². The van der Waals surface area contributed by atoms with Crippen molar-refractivity contribution in [1.29, 1.82) is 0 Å². The first-order valence-corrected chi connectivity index (χ1v) is 6.44. The average molecular weight is 284 g/mol. The van der Waals surface area contributed by atoms with Crippen LogP contribution in [0.25, 0.3) is 0 Å². The van der Waals surface area contributed by atoms with Gasteiger partial charge in [-0.2, -0.15) is 0 Å². The number of aryl methyl sites for hydroxylation is 1. The van der Waals surface area contributed by atoms with Crippen LogP contribution in [0.2, 0.25) is 0 Å².